The van der Waals surface area contributed by atoms with Crippen LogP contribution in [0.25, 0.3) is 0 Å². The molecule has 1 aliphatic heterocycles. The van der Waals surface area contributed by atoms with Gasteiger partial charge >= 0.3 is 6.03 Å². The monoisotopic (exact) mass is 358 g/mol. The Kier molecular flexibility index (Phi) is 4.21. The molecule has 1 N–H and O–H groups in total. The van der Waals surface area contributed by atoms with Crippen LogP contribution in [0.4, 0.5) is 16.2 Å². The van der Waals surface area contributed by atoms with Crippen LogP contribution in [0.3, 0.4) is 0 Å². The van der Waals surface area contributed by atoms with E-state index in [1.807, 2.05) is 92.7 Å². The average Bonchev–Trinajstić information content (AvgIpc) is 2.96. The van der Waals surface area contributed by atoms with Crippen LogP contribution < -0.4 is 9.80 Å². The van der Waals surface area contributed by atoms with Gasteiger partial charge in [0.25, 0.3) is 0 Å². The van der Waals surface area contributed by atoms with Crippen molar-refractivity contribution in [3.8, 4) is 0 Å². The minimum absolute atomic E-state index is 0.160. The van der Waals surface area contributed by atoms with Crippen molar-refractivity contribution in [2.45, 2.75) is 19.6 Å². The van der Waals surface area contributed by atoms with E-state index in [-0.39, 0.29) is 12.6 Å². The van der Waals surface area contributed by atoms with Gasteiger partial charge in [0.15, 0.2) is 5.72 Å². The van der Waals surface area contributed by atoms with Crippen molar-refractivity contribution in [2.75, 3.05) is 16.3 Å². The third-order valence-corrected chi connectivity index (χ3v) is 5.04. The van der Waals surface area contributed by atoms with E-state index in [2.05, 4.69) is 0 Å². The Morgan fingerprint density at radius 3 is 1.85 bits per heavy atom. The normalized spacial score (nSPS) is 19.6. The number of hydrogen-bond donors (Lipinski definition) is 1. The number of benzene rings is 3. The molecular weight excluding hydrogens is 336 g/mol. The molecule has 1 saturated heterocycles. The van der Waals surface area contributed by atoms with Crippen molar-refractivity contribution in [1.29, 1.82) is 0 Å². The summed E-state index contributed by atoms with van der Waals surface area (Å²) in [7, 11) is 0. The van der Waals surface area contributed by atoms with E-state index in [1.54, 1.807) is 4.90 Å². The summed E-state index contributed by atoms with van der Waals surface area (Å²) in [6.07, 6.45) is 0. The van der Waals surface area contributed by atoms with Crippen LogP contribution in [-0.2, 0) is 5.72 Å². The first-order valence-corrected chi connectivity index (χ1v) is 9.02. The van der Waals surface area contributed by atoms with E-state index in [9.17, 15) is 9.90 Å². The minimum Gasteiger partial charge on any atom is -0.365 e. The van der Waals surface area contributed by atoms with Gasteiger partial charge in [-0.1, -0.05) is 65.7 Å². The van der Waals surface area contributed by atoms with Crippen LogP contribution in [0.1, 0.15) is 16.7 Å². The highest BCUT2D eigenvalue weighted by Gasteiger charge is 2.51. The van der Waals surface area contributed by atoms with Crippen LogP contribution in [0, 0.1) is 13.8 Å². The molecule has 3 aromatic carbocycles. The molecule has 0 radical (unpaired) electrons. The third-order valence-electron chi connectivity index (χ3n) is 5.04. The van der Waals surface area contributed by atoms with Gasteiger partial charge in [0.05, 0.1) is 6.54 Å². The number of β-amino-alcohol motifs (C(OH)–C–C–N with tert-alkyl or cyclic N) is 1. The summed E-state index contributed by atoms with van der Waals surface area (Å²) >= 11 is 0. The molecule has 0 bridgehead atoms. The van der Waals surface area contributed by atoms with Gasteiger partial charge in [0.1, 0.15) is 0 Å². The number of carbonyl (C=O) groups excluding carboxylic acids is 1. The summed E-state index contributed by atoms with van der Waals surface area (Å²) in [4.78, 5) is 16.5. The highest BCUT2D eigenvalue weighted by atomic mass is 16.3. The summed E-state index contributed by atoms with van der Waals surface area (Å²) in [6.45, 7) is 4.17. The molecule has 0 aliphatic carbocycles. The number of anilines is 2. The molecular formula is C23H22N2O2. The Hall–Kier alpha value is -3.11. The number of hydrogen-bond acceptors (Lipinski definition) is 2. The Labute approximate surface area is 159 Å². The topological polar surface area (TPSA) is 43.8 Å². The highest BCUT2D eigenvalue weighted by Crippen LogP contribution is 2.40. The maximum atomic E-state index is 13.4. The Morgan fingerprint density at radius 1 is 0.778 bits per heavy atom. The number of aliphatic hydroxyl groups is 1. The molecule has 4 heteroatoms. The quantitative estimate of drug-likeness (QED) is 0.744. The van der Waals surface area contributed by atoms with Crippen molar-refractivity contribution in [3.63, 3.8) is 0 Å². The van der Waals surface area contributed by atoms with E-state index >= 15 is 0 Å². The largest absolute Gasteiger partial charge is 0.365 e. The van der Waals surface area contributed by atoms with Crippen molar-refractivity contribution >= 4 is 17.4 Å². The van der Waals surface area contributed by atoms with Gasteiger partial charge in [0, 0.05) is 16.9 Å². The molecule has 2 amide bonds. The smallest absolute Gasteiger partial charge is 0.331 e. The first-order chi connectivity index (χ1) is 13.0. The van der Waals surface area contributed by atoms with Crippen LogP contribution in [0.5, 0.6) is 0 Å². The standard InChI is InChI=1S/C23H22N2O2/c1-17-8-12-20(13-9-17)24-16-23(27,19-6-4-3-5-7-19)25(22(24)26)21-14-10-18(2)11-15-21/h3-15,27H,16H2,1-2H3. The zero-order valence-electron chi connectivity index (χ0n) is 15.5. The Morgan fingerprint density at radius 2 is 1.30 bits per heavy atom. The summed E-state index contributed by atoms with van der Waals surface area (Å²) in [5.41, 5.74) is 2.91. The maximum absolute atomic E-state index is 13.4. The van der Waals surface area contributed by atoms with E-state index in [0.29, 0.717) is 11.3 Å². The third kappa shape index (κ3) is 2.98. The van der Waals surface area contributed by atoms with Crippen molar-refractivity contribution < 1.29 is 9.90 Å². The zero-order valence-corrected chi connectivity index (χ0v) is 15.5. The fourth-order valence-corrected chi connectivity index (χ4v) is 3.51. The molecule has 1 aliphatic rings. The minimum atomic E-state index is -1.45. The zero-order chi connectivity index (χ0) is 19.0. The number of aryl methyl sites for hydroxylation is 2. The lowest BCUT2D eigenvalue weighted by Gasteiger charge is -2.32. The van der Waals surface area contributed by atoms with Gasteiger partial charge < -0.3 is 5.11 Å². The molecule has 4 nitrogen and oxygen atoms in total. The SMILES string of the molecule is Cc1ccc(N2CC(O)(c3ccccc3)N(c3ccc(C)cc3)C2=O)cc1. The fourth-order valence-electron chi connectivity index (χ4n) is 3.51. The molecule has 1 unspecified atom stereocenters. The second kappa shape index (κ2) is 6.56. The molecule has 136 valence electrons. The van der Waals surface area contributed by atoms with Gasteiger partial charge in [-0.25, -0.2) is 4.79 Å². The molecule has 3 aromatic rings. The van der Waals surface area contributed by atoms with E-state index in [0.717, 1.165) is 16.8 Å². The lowest BCUT2D eigenvalue weighted by Crippen LogP contribution is -2.44. The lowest BCUT2D eigenvalue weighted by molar-refractivity contribution is 0.0655. The highest BCUT2D eigenvalue weighted by molar-refractivity contribution is 6.07. The average molecular weight is 358 g/mol. The van der Waals surface area contributed by atoms with Crippen LogP contribution in [-0.4, -0.2) is 17.7 Å². The molecule has 1 atom stereocenters. The van der Waals surface area contributed by atoms with Crippen LogP contribution >= 0.6 is 0 Å². The molecule has 4 rings (SSSR count). The Bertz CT molecular complexity index is 952. The van der Waals surface area contributed by atoms with Crippen LogP contribution in [0.15, 0.2) is 78.9 Å². The molecule has 0 saturated carbocycles. The number of urea groups is 1. The number of rotatable bonds is 3. The van der Waals surface area contributed by atoms with Crippen molar-refractivity contribution in [2.24, 2.45) is 0 Å². The van der Waals surface area contributed by atoms with Crippen LogP contribution in [0.2, 0.25) is 0 Å². The van der Waals surface area contributed by atoms with E-state index in [4.69, 9.17) is 0 Å². The number of carbonyl (C=O) groups is 1. The Balaban J connectivity index is 1.83. The first-order valence-electron chi connectivity index (χ1n) is 9.02. The van der Waals surface area contributed by atoms with E-state index in [1.165, 1.54) is 4.90 Å². The first kappa shape index (κ1) is 17.3. The second-order valence-corrected chi connectivity index (χ2v) is 7.06. The molecule has 0 spiro atoms. The predicted octanol–water partition coefficient (Wildman–Crippen LogP) is 4.60. The van der Waals surface area contributed by atoms with Gasteiger partial charge in [-0.05, 0) is 38.1 Å². The van der Waals surface area contributed by atoms with E-state index < -0.39 is 5.72 Å². The molecule has 27 heavy (non-hydrogen) atoms. The summed E-state index contributed by atoms with van der Waals surface area (Å²) < 4.78 is 0. The fraction of sp³-hybridized carbons (Fsp3) is 0.174. The molecule has 1 fully saturated rings. The maximum Gasteiger partial charge on any atom is 0.331 e. The summed E-state index contributed by atoms with van der Waals surface area (Å²) in [6, 6.07) is 24.5. The summed E-state index contributed by atoms with van der Waals surface area (Å²) in [5.74, 6) is 0. The van der Waals surface area contributed by atoms with Crippen molar-refractivity contribution in [1.82, 2.24) is 0 Å². The second-order valence-electron chi connectivity index (χ2n) is 7.06. The number of nitrogens with zero attached hydrogens (tertiary/aromatic N) is 2. The van der Waals surface area contributed by atoms with Crippen molar-refractivity contribution in [3.05, 3.63) is 95.6 Å². The van der Waals surface area contributed by atoms with Gasteiger partial charge in [0.2, 0.25) is 0 Å². The van der Waals surface area contributed by atoms with Gasteiger partial charge in [-0.15, -0.1) is 0 Å². The molecule has 0 aromatic heterocycles. The lowest BCUT2D eigenvalue weighted by atomic mass is 10.0. The molecule has 1 heterocycles. The van der Waals surface area contributed by atoms with Gasteiger partial charge in [-0.2, -0.15) is 0 Å². The number of amides is 2. The predicted molar refractivity (Wildman–Crippen MR) is 108 cm³/mol. The summed E-state index contributed by atoms with van der Waals surface area (Å²) in [5, 5.41) is 11.7. The van der Waals surface area contributed by atoms with Gasteiger partial charge in [-0.3, -0.25) is 9.80 Å².